The Kier molecular flexibility index (Phi) is 6.43. The SMILES string of the molecule is CCOC(=O)CCCN1C(=O)SC(=Cc2ccc(OC)cc2)C1=O. The van der Waals surface area contributed by atoms with E-state index in [1.165, 1.54) is 4.90 Å². The van der Waals surface area contributed by atoms with Gasteiger partial charge in [-0.2, -0.15) is 0 Å². The van der Waals surface area contributed by atoms with E-state index in [0.717, 1.165) is 23.1 Å². The molecule has 0 radical (unpaired) electrons. The van der Waals surface area contributed by atoms with Crippen molar-refractivity contribution in [2.75, 3.05) is 20.3 Å². The molecule has 1 aliphatic rings. The molecule has 2 rings (SSSR count). The zero-order chi connectivity index (χ0) is 17.5. The van der Waals surface area contributed by atoms with E-state index in [4.69, 9.17) is 9.47 Å². The molecule has 0 aromatic heterocycles. The first-order chi connectivity index (χ1) is 11.5. The average molecular weight is 349 g/mol. The summed E-state index contributed by atoms with van der Waals surface area (Å²) >= 11 is 0.907. The Morgan fingerprint density at radius 2 is 1.96 bits per heavy atom. The number of nitrogens with zero attached hydrogens (tertiary/aromatic N) is 1. The Morgan fingerprint density at radius 1 is 1.25 bits per heavy atom. The second kappa shape index (κ2) is 8.54. The van der Waals surface area contributed by atoms with Crippen LogP contribution in [-0.4, -0.2) is 42.3 Å². The summed E-state index contributed by atoms with van der Waals surface area (Å²) in [6.07, 6.45) is 2.26. The van der Waals surface area contributed by atoms with Crippen molar-refractivity contribution in [2.24, 2.45) is 0 Å². The lowest BCUT2D eigenvalue weighted by Crippen LogP contribution is -2.29. The van der Waals surface area contributed by atoms with Gasteiger partial charge in [0.2, 0.25) is 0 Å². The minimum Gasteiger partial charge on any atom is -0.497 e. The summed E-state index contributed by atoms with van der Waals surface area (Å²) < 4.78 is 9.91. The molecule has 0 aliphatic carbocycles. The maximum absolute atomic E-state index is 12.3. The Morgan fingerprint density at radius 3 is 2.58 bits per heavy atom. The smallest absolute Gasteiger partial charge is 0.305 e. The first kappa shape index (κ1) is 18.1. The number of imide groups is 1. The lowest BCUT2D eigenvalue weighted by atomic mass is 10.2. The van der Waals surface area contributed by atoms with Gasteiger partial charge in [-0.3, -0.25) is 19.3 Å². The zero-order valence-electron chi connectivity index (χ0n) is 13.6. The van der Waals surface area contributed by atoms with Gasteiger partial charge >= 0.3 is 5.97 Å². The number of carbonyl (C=O) groups excluding carboxylic acids is 3. The highest BCUT2D eigenvalue weighted by Gasteiger charge is 2.34. The molecular weight excluding hydrogens is 330 g/mol. The minimum atomic E-state index is -0.329. The number of hydrogen-bond donors (Lipinski definition) is 0. The number of carbonyl (C=O) groups is 3. The van der Waals surface area contributed by atoms with Crippen LogP contribution in [0.1, 0.15) is 25.3 Å². The van der Waals surface area contributed by atoms with Crippen LogP contribution in [0.15, 0.2) is 29.2 Å². The number of benzene rings is 1. The summed E-state index contributed by atoms with van der Waals surface area (Å²) in [6.45, 7) is 2.27. The van der Waals surface area contributed by atoms with Crippen LogP contribution < -0.4 is 4.74 Å². The van der Waals surface area contributed by atoms with Crippen molar-refractivity contribution < 1.29 is 23.9 Å². The lowest BCUT2D eigenvalue weighted by Gasteiger charge is -2.11. The van der Waals surface area contributed by atoms with E-state index in [-0.39, 0.29) is 30.1 Å². The number of esters is 1. The predicted octanol–water partition coefficient (Wildman–Crippen LogP) is 3.07. The van der Waals surface area contributed by atoms with Crippen molar-refractivity contribution in [2.45, 2.75) is 19.8 Å². The molecule has 1 fully saturated rings. The van der Waals surface area contributed by atoms with Crippen LogP contribution in [0.2, 0.25) is 0 Å². The summed E-state index contributed by atoms with van der Waals surface area (Å²) in [7, 11) is 1.58. The molecule has 1 aromatic carbocycles. The summed E-state index contributed by atoms with van der Waals surface area (Å²) in [5.74, 6) is 0.0714. The fourth-order valence-electron chi connectivity index (χ4n) is 2.16. The first-order valence-electron chi connectivity index (χ1n) is 7.60. The fourth-order valence-corrected chi connectivity index (χ4v) is 3.02. The molecule has 1 aliphatic heterocycles. The molecule has 2 amide bonds. The largest absolute Gasteiger partial charge is 0.497 e. The van der Waals surface area contributed by atoms with Gasteiger partial charge in [0, 0.05) is 13.0 Å². The molecule has 0 bridgehead atoms. The third-order valence-corrected chi connectivity index (χ3v) is 4.26. The molecule has 24 heavy (non-hydrogen) atoms. The van der Waals surface area contributed by atoms with Crippen LogP contribution >= 0.6 is 11.8 Å². The van der Waals surface area contributed by atoms with Crippen molar-refractivity contribution in [1.82, 2.24) is 4.90 Å². The van der Waals surface area contributed by atoms with Crippen LogP contribution in [0.3, 0.4) is 0 Å². The van der Waals surface area contributed by atoms with E-state index in [1.54, 1.807) is 32.2 Å². The third kappa shape index (κ3) is 4.61. The molecule has 0 unspecified atom stereocenters. The molecule has 7 heteroatoms. The fraction of sp³-hybridized carbons (Fsp3) is 0.353. The normalized spacial score (nSPS) is 15.9. The van der Waals surface area contributed by atoms with Crippen molar-refractivity contribution in [3.05, 3.63) is 34.7 Å². The second-order valence-electron chi connectivity index (χ2n) is 5.02. The monoisotopic (exact) mass is 349 g/mol. The second-order valence-corrected chi connectivity index (χ2v) is 6.01. The van der Waals surface area contributed by atoms with Crippen molar-refractivity contribution in [3.8, 4) is 5.75 Å². The number of thioether (sulfide) groups is 1. The van der Waals surface area contributed by atoms with E-state index in [0.29, 0.717) is 17.9 Å². The van der Waals surface area contributed by atoms with Gasteiger partial charge in [-0.15, -0.1) is 0 Å². The van der Waals surface area contributed by atoms with Gasteiger partial charge < -0.3 is 9.47 Å². The summed E-state index contributed by atoms with van der Waals surface area (Å²) in [6, 6.07) is 7.20. The molecule has 0 N–H and O–H groups in total. The highest BCUT2D eigenvalue weighted by Crippen LogP contribution is 2.32. The molecule has 0 saturated carbocycles. The summed E-state index contributed by atoms with van der Waals surface area (Å²) in [5, 5.41) is -0.316. The number of methoxy groups -OCH3 is 1. The van der Waals surface area contributed by atoms with Crippen LogP contribution in [0.25, 0.3) is 6.08 Å². The number of hydrogen-bond acceptors (Lipinski definition) is 6. The standard InChI is InChI=1S/C17H19NO5S/c1-3-23-15(19)5-4-10-18-16(20)14(24-17(18)21)11-12-6-8-13(22-2)9-7-12/h6-9,11H,3-5,10H2,1-2H3. The van der Waals surface area contributed by atoms with Gasteiger partial charge in [0.25, 0.3) is 11.1 Å². The maximum atomic E-state index is 12.3. The van der Waals surface area contributed by atoms with Crippen LogP contribution in [0.4, 0.5) is 4.79 Å². The number of amides is 2. The quantitative estimate of drug-likeness (QED) is 0.556. The van der Waals surface area contributed by atoms with Crippen LogP contribution in [0, 0.1) is 0 Å². The minimum absolute atomic E-state index is 0.188. The van der Waals surface area contributed by atoms with Crippen molar-refractivity contribution in [3.63, 3.8) is 0 Å². The lowest BCUT2D eigenvalue weighted by molar-refractivity contribution is -0.143. The van der Waals surface area contributed by atoms with E-state index >= 15 is 0 Å². The molecule has 6 nitrogen and oxygen atoms in total. The summed E-state index contributed by atoms with van der Waals surface area (Å²) in [4.78, 5) is 37.1. The Labute approximate surface area is 144 Å². The van der Waals surface area contributed by atoms with Crippen molar-refractivity contribution in [1.29, 1.82) is 0 Å². The molecular formula is C17H19NO5S. The van der Waals surface area contributed by atoms with E-state index < -0.39 is 0 Å². The summed E-state index contributed by atoms with van der Waals surface area (Å²) in [5.41, 5.74) is 0.813. The van der Waals surface area contributed by atoms with Crippen molar-refractivity contribution >= 4 is 35.0 Å². The van der Waals surface area contributed by atoms with Crippen LogP contribution in [-0.2, 0) is 14.3 Å². The maximum Gasteiger partial charge on any atom is 0.305 e. The molecule has 128 valence electrons. The molecule has 1 saturated heterocycles. The number of rotatable bonds is 7. The highest BCUT2D eigenvalue weighted by molar-refractivity contribution is 8.18. The van der Waals surface area contributed by atoms with Gasteiger partial charge in [0.05, 0.1) is 18.6 Å². The van der Waals surface area contributed by atoms with Gasteiger partial charge in [-0.1, -0.05) is 12.1 Å². The van der Waals surface area contributed by atoms with Gasteiger partial charge in [0.15, 0.2) is 0 Å². The Balaban J connectivity index is 1.97. The van der Waals surface area contributed by atoms with Gasteiger partial charge in [-0.05, 0) is 48.9 Å². The third-order valence-electron chi connectivity index (χ3n) is 3.36. The Hall–Kier alpha value is -2.28. The van der Waals surface area contributed by atoms with Crippen LogP contribution in [0.5, 0.6) is 5.75 Å². The zero-order valence-corrected chi connectivity index (χ0v) is 14.4. The molecule has 0 spiro atoms. The first-order valence-corrected chi connectivity index (χ1v) is 8.42. The topological polar surface area (TPSA) is 72.9 Å². The molecule has 1 heterocycles. The van der Waals surface area contributed by atoms with E-state index in [1.807, 2.05) is 12.1 Å². The van der Waals surface area contributed by atoms with E-state index in [9.17, 15) is 14.4 Å². The predicted molar refractivity (Wildman–Crippen MR) is 91.5 cm³/mol. The average Bonchev–Trinajstić information content (AvgIpc) is 2.83. The van der Waals surface area contributed by atoms with Gasteiger partial charge in [0.1, 0.15) is 5.75 Å². The molecule has 1 aromatic rings. The highest BCUT2D eigenvalue weighted by atomic mass is 32.2. The van der Waals surface area contributed by atoms with E-state index in [2.05, 4.69) is 0 Å². The van der Waals surface area contributed by atoms with Gasteiger partial charge in [-0.25, -0.2) is 0 Å². The molecule has 0 atom stereocenters. The Bertz CT molecular complexity index is 653. The number of ether oxygens (including phenoxy) is 2.